The third-order valence-electron chi connectivity index (χ3n) is 4.38. The quantitative estimate of drug-likeness (QED) is 0.544. The van der Waals surface area contributed by atoms with E-state index in [0.717, 1.165) is 11.1 Å². The highest BCUT2D eigenvalue weighted by atomic mass is 16.6. The molecule has 0 aliphatic rings. The largest absolute Gasteiger partial charge is 0.456 e. The second kappa shape index (κ2) is 6.64. The maximum Gasteiger partial charge on any atom is 0.344 e. The summed E-state index contributed by atoms with van der Waals surface area (Å²) in [6.45, 7) is 5.96. The first-order chi connectivity index (χ1) is 13.3. The lowest BCUT2D eigenvalue weighted by atomic mass is 10.2. The van der Waals surface area contributed by atoms with Crippen molar-refractivity contribution < 1.29 is 9.53 Å². The summed E-state index contributed by atoms with van der Waals surface area (Å²) in [5.41, 5.74) is 9.59. The molecule has 0 atom stereocenters. The predicted molar refractivity (Wildman–Crippen MR) is 110 cm³/mol. The number of benzene rings is 2. The van der Waals surface area contributed by atoms with E-state index in [1.807, 2.05) is 79.9 Å². The Bertz CT molecular complexity index is 1170. The molecule has 0 aliphatic heterocycles. The van der Waals surface area contributed by atoms with Gasteiger partial charge in [-0.25, -0.2) is 14.8 Å². The zero-order valence-electron chi connectivity index (χ0n) is 16.1. The molecule has 2 heterocycles. The smallest absolute Gasteiger partial charge is 0.344 e. The number of nitrogens with zero attached hydrogens (tertiary/aromatic N) is 3. The van der Waals surface area contributed by atoms with Gasteiger partial charge in [0.1, 0.15) is 22.5 Å². The van der Waals surface area contributed by atoms with Gasteiger partial charge in [0.15, 0.2) is 5.65 Å². The van der Waals surface area contributed by atoms with Crippen molar-refractivity contribution in [2.75, 3.05) is 5.73 Å². The van der Waals surface area contributed by atoms with Crippen LogP contribution in [0, 0.1) is 0 Å². The van der Waals surface area contributed by atoms with Crippen LogP contribution >= 0.6 is 0 Å². The number of nitrogens with two attached hydrogens (primary N) is 1. The average molecular weight is 374 g/mol. The van der Waals surface area contributed by atoms with E-state index < -0.39 is 11.6 Å². The maximum atomic E-state index is 12.9. The molecule has 2 N–H and O–H groups in total. The molecule has 0 amide bonds. The van der Waals surface area contributed by atoms with Crippen molar-refractivity contribution in [2.45, 2.75) is 32.9 Å². The second-order valence-corrected chi connectivity index (χ2v) is 7.72. The maximum absolute atomic E-state index is 12.9. The van der Waals surface area contributed by atoms with Gasteiger partial charge in [-0.1, -0.05) is 42.5 Å². The Labute approximate surface area is 163 Å². The van der Waals surface area contributed by atoms with Crippen molar-refractivity contribution in [3.8, 4) is 0 Å². The van der Waals surface area contributed by atoms with Crippen LogP contribution in [0.3, 0.4) is 0 Å². The number of fused-ring (bicyclic) bond motifs is 2. The summed E-state index contributed by atoms with van der Waals surface area (Å²) in [5.74, 6) is -0.185. The lowest BCUT2D eigenvalue weighted by Gasteiger charge is -2.19. The molecule has 0 fully saturated rings. The number of carbonyl (C=O) groups is 1. The lowest BCUT2D eigenvalue weighted by Crippen LogP contribution is -2.24. The van der Waals surface area contributed by atoms with Crippen LogP contribution in [0.1, 0.15) is 36.7 Å². The highest BCUT2D eigenvalue weighted by Gasteiger charge is 2.28. The Morgan fingerprint density at radius 2 is 1.61 bits per heavy atom. The van der Waals surface area contributed by atoms with E-state index in [4.69, 9.17) is 15.5 Å². The zero-order valence-corrected chi connectivity index (χ0v) is 16.1. The van der Waals surface area contributed by atoms with Crippen molar-refractivity contribution in [3.63, 3.8) is 0 Å². The molecule has 0 spiro atoms. The molecule has 0 bridgehead atoms. The van der Waals surface area contributed by atoms with E-state index in [9.17, 15) is 4.79 Å². The average Bonchev–Trinajstić information content (AvgIpc) is 2.90. The molecule has 0 unspecified atom stereocenters. The zero-order chi connectivity index (χ0) is 19.9. The molecule has 4 rings (SSSR count). The SMILES string of the molecule is CC(C)(C)OC(=O)c1c(N)n(Cc2ccccc2)c2nc3ccccc3nc12. The van der Waals surface area contributed by atoms with Gasteiger partial charge in [-0.2, -0.15) is 0 Å². The molecule has 6 heteroatoms. The number of nitrogen functional groups attached to an aromatic ring is 1. The van der Waals surface area contributed by atoms with Crippen LogP contribution in [0.5, 0.6) is 0 Å². The first kappa shape index (κ1) is 18.0. The number of anilines is 1. The highest BCUT2D eigenvalue weighted by molar-refractivity contribution is 6.08. The van der Waals surface area contributed by atoms with E-state index in [1.54, 1.807) is 0 Å². The predicted octanol–water partition coefficient (Wildman–Crippen LogP) is 4.17. The first-order valence-corrected chi connectivity index (χ1v) is 9.15. The number of para-hydroxylation sites is 2. The van der Waals surface area contributed by atoms with Crippen LogP contribution in [-0.2, 0) is 11.3 Å². The van der Waals surface area contributed by atoms with E-state index in [0.29, 0.717) is 29.0 Å². The fourth-order valence-electron chi connectivity index (χ4n) is 3.17. The number of rotatable bonds is 3. The Morgan fingerprint density at radius 1 is 1.00 bits per heavy atom. The van der Waals surface area contributed by atoms with Gasteiger partial charge in [-0.15, -0.1) is 0 Å². The van der Waals surface area contributed by atoms with Gasteiger partial charge in [-0.3, -0.25) is 0 Å². The van der Waals surface area contributed by atoms with E-state index in [1.165, 1.54) is 0 Å². The topological polar surface area (TPSA) is 83.0 Å². The fourth-order valence-corrected chi connectivity index (χ4v) is 3.17. The van der Waals surface area contributed by atoms with Crippen LogP contribution in [0.25, 0.3) is 22.2 Å². The molecular weight excluding hydrogens is 352 g/mol. The molecule has 0 saturated heterocycles. The summed E-state index contributed by atoms with van der Waals surface area (Å²) in [6.07, 6.45) is 0. The van der Waals surface area contributed by atoms with E-state index >= 15 is 0 Å². The van der Waals surface area contributed by atoms with Crippen LogP contribution in [0.2, 0.25) is 0 Å². The summed E-state index contributed by atoms with van der Waals surface area (Å²) in [5, 5.41) is 0. The van der Waals surface area contributed by atoms with E-state index in [-0.39, 0.29) is 5.56 Å². The second-order valence-electron chi connectivity index (χ2n) is 7.72. The van der Waals surface area contributed by atoms with Gasteiger partial charge in [0.25, 0.3) is 0 Å². The summed E-state index contributed by atoms with van der Waals surface area (Å²) in [6, 6.07) is 17.5. The van der Waals surface area contributed by atoms with Crippen molar-refractivity contribution >= 4 is 34.0 Å². The highest BCUT2D eigenvalue weighted by Crippen LogP contribution is 2.30. The third-order valence-corrected chi connectivity index (χ3v) is 4.38. The van der Waals surface area contributed by atoms with Gasteiger partial charge in [0, 0.05) is 0 Å². The number of esters is 1. The monoisotopic (exact) mass is 374 g/mol. The Hall–Kier alpha value is -3.41. The lowest BCUT2D eigenvalue weighted by molar-refractivity contribution is 0.00727. The minimum Gasteiger partial charge on any atom is -0.456 e. The molecule has 142 valence electrons. The Morgan fingerprint density at radius 3 is 2.25 bits per heavy atom. The van der Waals surface area contributed by atoms with Gasteiger partial charge < -0.3 is 15.0 Å². The van der Waals surface area contributed by atoms with E-state index in [2.05, 4.69) is 4.98 Å². The Kier molecular flexibility index (Phi) is 4.26. The fraction of sp³-hybridized carbons (Fsp3) is 0.227. The molecule has 0 saturated carbocycles. The summed E-state index contributed by atoms with van der Waals surface area (Å²) < 4.78 is 7.41. The van der Waals surface area contributed by atoms with Crippen LogP contribution in [0.15, 0.2) is 54.6 Å². The minimum atomic E-state index is -0.637. The number of carbonyl (C=O) groups excluding carboxylic acids is 1. The van der Waals surface area contributed by atoms with Crippen LogP contribution in [0.4, 0.5) is 5.82 Å². The van der Waals surface area contributed by atoms with Crippen molar-refractivity contribution in [1.82, 2.24) is 14.5 Å². The summed E-state index contributed by atoms with van der Waals surface area (Å²) >= 11 is 0. The molecule has 28 heavy (non-hydrogen) atoms. The normalized spacial score (nSPS) is 11.8. The molecular formula is C22H22N4O2. The third kappa shape index (κ3) is 3.29. The molecule has 6 nitrogen and oxygen atoms in total. The molecule has 4 aromatic rings. The number of hydrogen-bond donors (Lipinski definition) is 1. The summed E-state index contributed by atoms with van der Waals surface area (Å²) in [7, 11) is 0. The molecule has 0 radical (unpaired) electrons. The molecule has 2 aromatic carbocycles. The minimum absolute atomic E-state index is 0.263. The standard InChI is InChI=1S/C22H22N4O2/c1-22(2,3)28-21(27)17-18-20(25-16-12-8-7-11-15(16)24-18)26(19(17)23)13-14-9-5-4-6-10-14/h4-12H,13,23H2,1-3H3. The van der Waals surface area contributed by atoms with Gasteiger partial charge in [0.05, 0.1) is 17.6 Å². The number of aromatic nitrogens is 3. The van der Waals surface area contributed by atoms with Crippen LogP contribution in [-0.4, -0.2) is 26.1 Å². The van der Waals surface area contributed by atoms with Gasteiger partial charge in [0.2, 0.25) is 0 Å². The van der Waals surface area contributed by atoms with Gasteiger partial charge in [-0.05, 0) is 38.5 Å². The first-order valence-electron chi connectivity index (χ1n) is 9.15. The van der Waals surface area contributed by atoms with Gasteiger partial charge >= 0.3 is 5.97 Å². The molecule has 2 aromatic heterocycles. The van der Waals surface area contributed by atoms with Crippen LogP contribution < -0.4 is 5.73 Å². The number of hydrogen-bond acceptors (Lipinski definition) is 5. The number of ether oxygens (including phenoxy) is 1. The van der Waals surface area contributed by atoms with Crippen molar-refractivity contribution in [3.05, 3.63) is 65.7 Å². The Balaban J connectivity index is 1.95. The van der Waals surface area contributed by atoms with Crippen molar-refractivity contribution in [2.24, 2.45) is 0 Å². The summed E-state index contributed by atoms with van der Waals surface area (Å²) in [4.78, 5) is 22.3. The molecule has 0 aliphatic carbocycles. The van der Waals surface area contributed by atoms with Crippen molar-refractivity contribution in [1.29, 1.82) is 0 Å².